The largest absolute Gasteiger partial charge is 0.481 e. The Morgan fingerprint density at radius 3 is 2.56 bits per heavy atom. The maximum Gasteiger partial charge on any atom is 0.320 e. The van der Waals surface area contributed by atoms with Gasteiger partial charge in [0.25, 0.3) is 0 Å². The summed E-state index contributed by atoms with van der Waals surface area (Å²) in [4.78, 5) is 25.4. The van der Waals surface area contributed by atoms with Crippen LogP contribution in [-0.2, 0) is 4.79 Å². The number of carboxylic acids is 1. The van der Waals surface area contributed by atoms with Gasteiger partial charge >= 0.3 is 12.0 Å². The normalized spacial score (nSPS) is 14.0. The van der Waals surface area contributed by atoms with Crippen molar-refractivity contribution in [2.24, 2.45) is 0 Å². The number of amides is 2. The molecule has 0 aromatic carbocycles. The van der Waals surface area contributed by atoms with Gasteiger partial charge in [-0.25, -0.2) is 4.79 Å². The Balaban J connectivity index is 2.52. The Morgan fingerprint density at radius 2 is 2.12 bits per heavy atom. The third kappa shape index (κ3) is 3.46. The number of urea groups is 1. The smallest absolute Gasteiger partial charge is 0.320 e. The highest BCUT2D eigenvalue weighted by atomic mass is 16.4. The van der Waals surface area contributed by atoms with E-state index >= 15 is 0 Å². The molecule has 0 heterocycles. The van der Waals surface area contributed by atoms with Gasteiger partial charge in [0.1, 0.15) is 0 Å². The van der Waals surface area contributed by atoms with Crippen molar-refractivity contribution in [1.82, 2.24) is 9.80 Å². The summed E-state index contributed by atoms with van der Waals surface area (Å²) in [5.74, 6) is 1.50. The standard InChI is InChI=1S/C11H16N2O3/c1-3-7-12(2)11(16)13(9-4-5-9)8-6-10(14)15/h1,9H,4-8H2,2H3,(H,14,15). The molecule has 1 rings (SSSR count). The number of hydrogen-bond acceptors (Lipinski definition) is 2. The molecule has 0 bridgehead atoms. The fourth-order valence-electron chi connectivity index (χ4n) is 1.46. The van der Waals surface area contributed by atoms with Gasteiger partial charge in [0.05, 0.1) is 13.0 Å². The molecule has 1 N–H and O–H groups in total. The minimum atomic E-state index is -0.891. The van der Waals surface area contributed by atoms with Gasteiger partial charge in [0.15, 0.2) is 0 Å². The maximum absolute atomic E-state index is 11.9. The van der Waals surface area contributed by atoms with E-state index in [1.54, 1.807) is 11.9 Å². The molecule has 0 unspecified atom stereocenters. The number of terminal acetylenes is 1. The Kier molecular flexibility index (Phi) is 4.18. The molecule has 1 saturated carbocycles. The van der Waals surface area contributed by atoms with Gasteiger partial charge in [0.2, 0.25) is 0 Å². The summed E-state index contributed by atoms with van der Waals surface area (Å²) in [6.45, 7) is 0.503. The van der Waals surface area contributed by atoms with E-state index in [4.69, 9.17) is 11.5 Å². The minimum absolute atomic E-state index is 0.0217. The lowest BCUT2D eigenvalue weighted by molar-refractivity contribution is -0.137. The quantitative estimate of drug-likeness (QED) is 0.696. The molecule has 2 amide bonds. The van der Waals surface area contributed by atoms with Crippen LogP contribution < -0.4 is 0 Å². The van der Waals surface area contributed by atoms with Crippen LogP contribution >= 0.6 is 0 Å². The van der Waals surface area contributed by atoms with Crippen LogP contribution in [-0.4, -0.2) is 53.1 Å². The Hall–Kier alpha value is -1.70. The third-order valence-electron chi connectivity index (χ3n) is 2.45. The minimum Gasteiger partial charge on any atom is -0.481 e. The Bertz CT molecular complexity index is 318. The number of hydrogen-bond donors (Lipinski definition) is 1. The van der Waals surface area contributed by atoms with Crippen LogP contribution in [0.5, 0.6) is 0 Å². The van der Waals surface area contributed by atoms with Crippen molar-refractivity contribution in [1.29, 1.82) is 0 Å². The highest BCUT2D eigenvalue weighted by Crippen LogP contribution is 2.27. The van der Waals surface area contributed by atoms with Crippen LogP contribution in [0.2, 0.25) is 0 Å². The molecule has 1 aliphatic carbocycles. The lowest BCUT2D eigenvalue weighted by Crippen LogP contribution is -2.43. The van der Waals surface area contributed by atoms with E-state index in [1.165, 1.54) is 4.90 Å². The third-order valence-corrected chi connectivity index (χ3v) is 2.45. The average molecular weight is 224 g/mol. The predicted molar refractivity (Wildman–Crippen MR) is 58.8 cm³/mol. The van der Waals surface area contributed by atoms with Crippen molar-refractivity contribution >= 4 is 12.0 Å². The number of rotatable bonds is 5. The Morgan fingerprint density at radius 1 is 1.50 bits per heavy atom. The number of aliphatic carboxylic acids is 1. The van der Waals surface area contributed by atoms with Crippen molar-refractivity contribution < 1.29 is 14.7 Å². The fourth-order valence-corrected chi connectivity index (χ4v) is 1.46. The van der Waals surface area contributed by atoms with Crippen LogP contribution in [0.4, 0.5) is 4.79 Å². The summed E-state index contributed by atoms with van der Waals surface area (Å²) in [6.07, 6.45) is 7.01. The first-order valence-electron chi connectivity index (χ1n) is 5.23. The molecule has 0 aliphatic heterocycles. The zero-order valence-corrected chi connectivity index (χ0v) is 9.35. The van der Waals surface area contributed by atoms with Crippen LogP contribution in [0.25, 0.3) is 0 Å². The van der Waals surface area contributed by atoms with E-state index in [2.05, 4.69) is 5.92 Å². The summed E-state index contributed by atoms with van der Waals surface area (Å²) < 4.78 is 0. The molecule has 5 heteroatoms. The molecule has 0 aromatic heterocycles. The van der Waals surface area contributed by atoms with E-state index in [0.717, 1.165) is 12.8 Å². The number of carbonyl (C=O) groups is 2. The van der Waals surface area contributed by atoms with Gasteiger partial charge in [-0.2, -0.15) is 0 Å². The monoisotopic (exact) mass is 224 g/mol. The molecule has 1 fully saturated rings. The highest BCUT2D eigenvalue weighted by molar-refractivity contribution is 5.76. The molecule has 88 valence electrons. The second kappa shape index (κ2) is 5.40. The van der Waals surface area contributed by atoms with Crippen LogP contribution in [0.1, 0.15) is 19.3 Å². The van der Waals surface area contributed by atoms with Gasteiger partial charge in [0, 0.05) is 19.6 Å². The first-order chi connectivity index (χ1) is 7.56. The average Bonchev–Trinajstić information content (AvgIpc) is 3.01. The first-order valence-corrected chi connectivity index (χ1v) is 5.23. The van der Waals surface area contributed by atoms with Gasteiger partial charge in [-0.3, -0.25) is 4.79 Å². The lowest BCUT2D eigenvalue weighted by Gasteiger charge is -2.26. The van der Waals surface area contributed by atoms with Crippen molar-refractivity contribution in [3.8, 4) is 12.3 Å². The van der Waals surface area contributed by atoms with Crippen molar-refractivity contribution in [3.05, 3.63) is 0 Å². The van der Waals surface area contributed by atoms with Gasteiger partial charge in [-0.1, -0.05) is 5.92 Å². The molecule has 0 aromatic rings. The molecule has 0 spiro atoms. The summed E-state index contributed by atoms with van der Waals surface area (Å²) in [6, 6.07) is 0.0220. The highest BCUT2D eigenvalue weighted by Gasteiger charge is 2.33. The van der Waals surface area contributed by atoms with Gasteiger partial charge in [-0.15, -0.1) is 6.42 Å². The van der Waals surface area contributed by atoms with Crippen LogP contribution in [0.3, 0.4) is 0 Å². The summed E-state index contributed by atoms with van der Waals surface area (Å²) in [7, 11) is 1.62. The molecular formula is C11H16N2O3. The molecule has 5 nitrogen and oxygen atoms in total. The van der Waals surface area contributed by atoms with E-state index < -0.39 is 5.97 Å². The fraction of sp³-hybridized carbons (Fsp3) is 0.636. The topological polar surface area (TPSA) is 60.9 Å². The number of carbonyl (C=O) groups excluding carboxylic acids is 1. The SMILES string of the molecule is C#CCN(C)C(=O)N(CCC(=O)O)C1CC1. The second-order valence-corrected chi connectivity index (χ2v) is 3.91. The molecule has 0 radical (unpaired) electrons. The van der Waals surface area contributed by atoms with Crippen LogP contribution in [0.15, 0.2) is 0 Å². The van der Waals surface area contributed by atoms with E-state index in [1.807, 2.05) is 0 Å². The summed E-state index contributed by atoms with van der Waals surface area (Å²) >= 11 is 0. The van der Waals surface area contributed by atoms with Crippen molar-refractivity contribution in [3.63, 3.8) is 0 Å². The number of carboxylic acid groups (broad SMARTS) is 1. The van der Waals surface area contributed by atoms with Gasteiger partial charge < -0.3 is 14.9 Å². The summed E-state index contributed by atoms with van der Waals surface area (Å²) in [5, 5.41) is 8.60. The molecule has 16 heavy (non-hydrogen) atoms. The number of nitrogens with zero attached hydrogens (tertiary/aromatic N) is 2. The van der Waals surface area contributed by atoms with E-state index in [-0.39, 0.29) is 31.6 Å². The zero-order chi connectivity index (χ0) is 12.1. The van der Waals surface area contributed by atoms with Crippen LogP contribution in [0, 0.1) is 12.3 Å². The second-order valence-electron chi connectivity index (χ2n) is 3.91. The maximum atomic E-state index is 11.9. The molecular weight excluding hydrogens is 208 g/mol. The van der Waals surface area contributed by atoms with Gasteiger partial charge in [-0.05, 0) is 12.8 Å². The van der Waals surface area contributed by atoms with E-state index in [0.29, 0.717) is 0 Å². The van der Waals surface area contributed by atoms with Crippen molar-refractivity contribution in [2.45, 2.75) is 25.3 Å². The lowest BCUT2D eigenvalue weighted by atomic mass is 10.3. The predicted octanol–water partition coefficient (Wildman–Crippen LogP) is 0.611. The molecule has 0 atom stereocenters. The summed E-state index contributed by atoms with van der Waals surface area (Å²) in [5.41, 5.74) is 0. The molecule has 1 aliphatic rings. The first kappa shape index (κ1) is 12.4. The zero-order valence-electron chi connectivity index (χ0n) is 9.35. The van der Waals surface area contributed by atoms with Crippen molar-refractivity contribution in [2.75, 3.05) is 20.1 Å². The molecule has 0 saturated heterocycles. The van der Waals surface area contributed by atoms with E-state index in [9.17, 15) is 9.59 Å². The Labute approximate surface area is 95.0 Å².